The molecule has 1 aliphatic heterocycles. The third-order valence-corrected chi connectivity index (χ3v) is 5.52. The molecule has 1 aliphatic rings. The summed E-state index contributed by atoms with van der Waals surface area (Å²) in [5.41, 5.74) is 4.77. The van der Waals surface area contributed by atoms with Crippen LogP contribution in [0.5, 0.6) is 0 Å². The number of ether oxygens (including phenoxy) is 1. The fourth-order valence-electron chi connectivity index (χ4n) is 3.25. The van der Waals surface area contributed by atoms with Crippen LogP contribution in [0.1, 0.15) is 18.5 Å². The molecule has 0 bridgehead atoms. The lowest BCUT2D eigenvalue weighted by atomic mass is 10.1. The molecule has 8 heteroatoms. The van der Waals surface area contributed by atoms with Gasteiger partial charge in [-0.2, -0.15) is 5.10 Å². The van der Waals surface area contributed by atoms with Crippen molar-refractivity contribution in [2.45, 2.75) is 26.3 Å². The highest BCUT2D eigenvalue weighted by Gasteiger charge is 2.21. The first-order valence-corrected chi connectivity index (χ1v) is 10.2. The second-order valence-corrected chi connectivity index (χ2v) is 7.60. The average Bonchev–Trinajstić information content (AvgIpc) is 3.42. The number of hydrogen-bond donors (Lipinski definition) is 1. The maximum Gasteiger partial charge on any atom is 0.227 e. The number of thiazole rings is 1. The van der Waals surface area contributed by atoms with Gasteiger partial charge in [-0.25, -0.2) is 4.98 Å². The highest BCUT2D eigenvalue weighted by Crippen LogP contribution is 2.30. The number of aryl methyl sites for hydroxylation is 1. The van der Waals surface area contributed by atoms with Crippen molar-refractivity contribution in [3.05, 3.63) is 41.5 Å². The summed E-state index contributed by atoms with van der Waals surface area (Å²) in [6.45, 7) is 4.12. The molecule has 0 radical (unpaired) electrons. The monoisotopic (exact) mass is 397 g/mol. The maximum absolute atomic E-state index is 11.9. The van der Waals surface area contributed by atoms with Crippen molar-refractivity contribution in [3.63, 3.8) is 0 Å². The molecule has 4 rings (SSSR count). The molecular weight excluding hydrogens is 374 g/mol. The predicted octanol–water partition coefficient (Wildman–Crippen LogP) is 3.83. The van der Waals surface area contributed by atoms with Crippen LogP contribution < -0.4 is 10.2 Å². The van der Waals surface area contributed by atoms with Gasteiger partial charge in [0.15, 0.2) is 5.13 Å². The van der Waals surface area contributed by atoms with Crippen LogP contribution in [0.4, 0.5) is 16.5 Å². The molecule has 28 heavy (non-hydrogen) atoms. The highest BCUT2D eigenvalue weighted by molar-refractivity contribution is 7.14. The van der Waals surface area contributed by atoms with Crippen LogP contribution in [0.3, 0.4) is 0 Å². The lowest BCUT2D eigenvalue weighted by molar-refractivity contribution is -0.117. The van der Waals surface area contributed by atoms with Crippen LogP contribution in [-0.4, -0.2) is 40.9 Å². The summed E-state index contributed by atoms with van der Waals surface area (Å²) < 4.78 is 6.97. The van der Waals surface area contributed by atoms with Gasteiger partial charge in [0, 0.05) is 42.9 Å². The predicted molar refractivity (Wildman–Crippen MR) is 111 cm³/mol. The van der Waals surface area contributed by atoms with Crippen LogP contribution in [0.2, 0.25) is 0 Å². The number of benzene rings is 1. The van der Waals surface area contributed by atoms with E-state index in [9.17, 15) is 4.79 Å². The molecule has 1 aromatic carbocycles. The summed E-state index contributed by atoms with van der Waals surface area (Å²) in [5.74, 6) is 0.203. The van der Waals surface area contributed by atoms with Crippen molar-refractivity contribution in [1.82, 2.24) is 14.8 Å². The average molecular weight is 398 g/mol. The van der Waals surface area contributed by atoms with E-state index in [0.29, 0.717) is 19.6 Å². The molecule has 0 aliphatic carbocycles. The standard InChI is InChI=1S/C20H23N5O2S/c1-14-17(12-24(23-14)10-11-27-2)21-20-22-18(13-28-20)15-5-7-16(8-6-15)25-9-3-4-19(25)26/h5-8,12-13H,3-4,9-11H2,1-2H3,(H,21,22). The van der Waals surface area contributed by atoms with Crippen molar-refractivity contribution in [1.29, 1.82) is 0 Å². The number of nitrogens with zero attached hydrogens (tertiary/aromatic N) is 4. The minimum absolute atomic E-state index is 0.203. The minimum atomic E-state index is 0.203. The summed E-state index contributed by atoms with van der Waals surface area (Å²) in [4.78, 5) is 18.4. The van der Waals surface area contributed by atoms with E-state index in [0.717, 1.165) is 46.4 Å². The van der Waals surface area contributed by atoms with E-state index in [4.69, 9.17) is 9.72 Å². The Hall–Kier alpha value is -2.71. The lowest BCUT2D eigenvalue weighted by Gasteiger charge is -2.15. The third kappa shape index (κ3) is 3.93. The molecule has 2 aromatic heterocycles. The van der Waals surface area contributed by atoms with Crippen LogP contribution in [0.25, 0.3) is 11.3 Å². The summed E-state index contributed by atoms with van der Waals surface area (Å²) in [7, 11) is 1.68. The van der Waals surface area contributed by atoms with Gasteiger partial charge < -0.3 is 15.0 Å². The first-order valence-electron chi connectivity index (χ1n) is 9.30. The summed E-state index contributed by atoms with van der Waals surface area (Å²) in [6.07, 6.45) is 3.55. The second kappa shape index (κ2) is 8.12. The Labute approximate surface area is 168 Å². The molecule has 146 valence electrons. The topological polar surface area (TPSA) is 72.3 Å². The first kappa shape index (κ1) is 18.6. The van der Waals surface area contributed by atoms with E-state index in [1.807, 2.05) is 52.3 Å². The van der Waals surface area contributed by atoms with Crippen molar-refractivity contribution in [3.8, 4) is 11.3 Å². The van der Waals surface area contributed by atoms with Crippen LogP contribution in [-0.2, 0) is 16.1 Å². The number of rotatable bonds is 7. The van der Waals surface area contributed by atoms with Crippen molar-refractivity contribution < 1.29 is 9.53 Å². The summed E-state index contributed by atoms with van der Waals surface area (Å²) >= 11 is 1.56. The van der Waals surface area contributed by atoms with Gasteiger partial charge in [-0.15, -0.1) is 11.3 Å². The first-order chi connectivity index (χ1) is 13.6. The van der Waals surface area contributed by atoms with Gasteiger partial charge in [0.25, 0.3) is 0 Å². The van der Waals surface area contributed by atoms with Gasteiger partial charge in [0.2, 0.25) is 5.91 Å². The van der Waals surface area contributed by atoms with E-state index in [1.54, 1.807) is 18.4 Å². The number of methoxy groups -OCH3 is 1. The molecule has 0 saturated carbocycles. The molecule has 0 spiro atoms. The van der Waals surface area contributed by atoms with Gasteiger partial charge in [0.1, 0.15) is 0 Å². The van der Waals surface area contributed by atoms with Crippen molar-refractivity contribution in [2.24, 2.45) is 0 Å². The Kier molecular flexibility index (Phi) is 5.40. The van der Waals surface area contributed by atoms with Gasteiger partial charge in [-0.1, -0.05) is 12.1 Å². The van der Waals surface area contributed by atoms with Crippen molar-refractivity contribution in [2.75, 3.05) is 30.5 Å². The Morgan fingerprint density at radius 1 is 1.29 bits per heavy atom. The fourth-order valence-corrected chi connectivity index (χ4v) is 3.98. The molecule has 1 fully saturated rings. The number of aromatic nitrogens is 3. The molecule has 1 saturated heterocycles. The SMILES string of the molecule is COCCn1cc(Nc2nc(-c3ccc(N4CCCC4=O)cc3)cs2)c(C)n1. The number of carbonyl (C=O) groups excluding carboxylic acids is 1. The molecule has 0 unspecified atom stereocenters. The van der Waals surface area contributed by atoms with Gasteiger partial charge in [-0.05, 0) is 25.5 Å². The Balaban J connectivity index is 1.46. The maximum atomic E-state index is 11.9. The lowest BCUT2D eigenvalue weighted by Crippen LogP contribution is -2.23. The van der Waals surface area contributed by atoms with Crippen LogP contribution in [0, 0.1) is 6.92 Å². The molecule has 7 nitrogen and oxygen atoms in total. The zero-order valence-corrected chi connectivity index (χ0v) is 16.8. The van der Waals surface area contributed by atoms with Gasteiger partial charge >= 0.3 is 0 Å². The van der Waals surface area contributed by atoms with E-state index in [1.165, 1.54) is 0 Å². The van der Waals surface area contributed by atoms with Gasteiger partial charge in [0.05, 0.1) is 30.2 Å². The largest absolute Gasteiger partial charge is 0.383 e. The minimum Gasteiger partial charge on any atom is -0.383 e. The number of hydrogen-bond acceptors (Lipinski definition) is 6. The second-order valence-electron chi connectivity index (χ2n) is 6.74. The number of nitrogens with one attached hydrogen (secondary N) is 1. The summed E-state index contributed by atoms with van der Waals surface area (Å²) in [6, 6.07) is 8.03. The normalized spacial score (nSPS) is 14.1. The van der Waals surface area contributed by atoms with Crippen LogP contribution in [0.15, 0.2) is 35.8 Å². The fraction of sp³-hybridized carbons (Fsp3) is 0.350. The molecule has 3 aromatic rings. The molecule has 1 amide bonds. The third-order valence-electron chi connectivity index (χ3n) is 4.76. The Morgan fingerprint density at radius 3 is 2.82 bits per heavy atom. The van der Waals surface area contributed by atoms with Crippen LogP contribution >= 0.6 is 11.3 Å². The molecule has 3 heterocycles. The van der Waals surface area contributed by atoms with E-state index < -0.39 is 0 Å². The van der Waals surface area contributed by atoms with E-state index >= 15 is 0 Å². The van der Waals surface area contributed by atoms with Gasteiger partial charge in [-0.3, -0.25) is 9.48 Å². The summed E-state index contributed by atoms with van der Waals surface area (Å²) in [5, 5.41) is 10.7. The smallest absolute Gasteiger partial charge is 0.227 e. The molecular formula is C20H23N5O2S. The Bertz CT molecular complexity index is 963. The zero-order valence-electron chi connectivity index (χ0n) is 16.0. The quantitative estimate of drug-likeness (QED) is 0.656. The molecule has 1 N–H and O–H groups in total. The number of anilines is 3. The Morgan fingerprint density at radius 2 is 2.11 bits per heavy atom. The number of amides is 1. The number of carbonyl (C=O) groups is 1. The molecule has 0 atom stereocenters. The zero-order chi connectivity index (χ0) is 19.5. The van der Waals surface area contributed by atoms with E-state index in [2.05, 4.69) is 10.4 Å². The highest BCUT2D eigenvalue weighted by atomic mass is 32.1. The van der Waals surface area contributed by atoms with Crippen molar-refractivity contribution >= 4 is 33.8 Å². The van der Waals surface area contributed by atoms with E-state index in [-0.39, 0.29) is 5.91 Å².